The Hall–Kier alpha value is -8.80. The molecule has 0 saturated heterocycles. The first-order chi connectivity index (χ1) is 32.6. The van der Waals surface area contributed by atoms with Crippen LogP contribution >= 0.6 is 0 Å². The Morgan fingerprint density at radius 3 is 1.67 bits per heavy atom. The normalized spacial score (nSPS) is 12.9. The van der Waals surface area contributed by atoms with Crippen molar-refractivity contribution in [3.8, 4) is 62.1 Å². The first-order valence-electron chi connectivity index (χ1n) is 22.4. The van der Waals surface area contributed by atoms with Gasteiger partial charge in [0.15, 0.2) is 23.0 Å². The second-order valence-electron chi connectivity index (χ2n) is 16.9. The third-order valence-electron chi connectivity index (χ3n) is 13.1. The number of anilines is 3. The number of hydrogen-bond acceptors (Lipinski definition) is 3. The van der Waals surface area contributed by atoms with Crippen molar-refractivity contribution >= 4 is 66.4 Å². The molecule has 2 aliphatic rings. The van der Waals surface area contributed by atoms with Crippen molar-refractivity contribution in [2.24, 2.45) is 0 Å². The quantitative estimate of drug-likeness (QED) is 0.150. The van der Waals surface area contributed by atoms with Crippen molar-refractivity contribution in [2.75, 3.05) is 4.90 Å². The van der Waals surface area contributed by atoms with E-state index in [2.05, 4.69) is 221 Å². The van der Waals surface area contributed by atoms with Crippen LogP contribution in [0.1, 0.15) is 6.92 Å². The van der Waals surface area contributed by atoms with Crippen molar-refractivity contribution < 1.29 is 9.47 Å². The van der Waals surface area contributed by atoms with Crippen LogP contribution in [0.3, 0.4) is 0 Å². The predicted octanol–water partition coefficient (Wildman–Crippen LogP) is 17.2. The van der Waals surface area contributed by atoms with Crippen molar-refractivity contribution in [3.05, 3.63) is 225 Å². The average Bonchev–Trinajstić information content (AvgIpc) is 3.88. The molecule has 0 fully saturated rings. The maximum Gasteiger partial charge on any atom is 0.180 e. The number of hydrogen-bond donors (Lipinski definition) is 0. The number of fused-ring (bicyclic) bond motifs is 11. The Kier molecular flexibility index (Phi) is 8.52. The first-order valence-corrected chi connectivity index (χ1v) is 22.4. The van der Waals surface area contributed by atoms with Crippen LogP contribution in [-0.4, -0.2) is 9.13 Å². The molecule has 312 valence electrons. The summed E-state index contributed by atoms with van der Waals surface area (Å²) >= 11 is 0. The molecule has 2 aliphatic heterocycles. The van der Waals surface area contributed by atoms with Crippen LogP contribution < -0.4 is 14.4 Å². The third-order valence-corrected chi connectivity index (χ3v) is 13.1. The standard InChI is InChI=1S/C61H41N3O2/c1-3-16-45(17-4-2)63-53-31-27-42(41-26-30-52-48(34-41)47-24-14-15-25-51(47)62(52)46-22-12-7-13-23-46)35-49(53)50-38-58-60-61(59(50)63)66-57-37-44(40-20-10-6-11-21-40)29-33-55(57)64(60)54-32-28-43(36-56(54)65-58)39-18-8-5-9-19-39/h3-38H,1H2,2H3/b17-4-,45-16+. The van der Waals surface area contributed by atoms with Gasteiger partial charge in [0.2, 0.25) is 0 Å². The monoisotopic (exact) mass is 847 g/mol. The fourth-order valence-electron chi connectivity index (χ4n) is 10.2. The van der Waals surface area contributed by atoms with Crippen molar-refractivity contribution in [1.82, 2.24) is 9.13 Å². The van der Waals surface area contributed by atoms with Gasteiger partial charge in [0.25, 0.3) is 0 Å². The molecule has 0 radical (unpaired) electrons. The van der Waals surface area contributed by atoms with Crippen LogP contribution in [0.2, 0.25) is 0 Å². The van der Waals surface area contributed by atoms with Gasteiger partial charge >= 0.3 is 0 Å². The van der Waals surface area contributed by atoms with E-state index >= 15 is 0 Å². The van der Waals surface area contributed by atoms with Crippen LogP contribution in [0.25, 0.3) is 88.4 Å². The van der Waals surface area contributed by atoms with Crippen LogP contribution in [0.5, 0.6) is 23.0 Å². The van der Waals surface area contributed by atoms with Crippen molar-refractivity contribution in [2.45, 2.75) is 6.92 Å². The summed E-state index contributed by atoms with van der Waals surface area (Å²) in [7, 11) is 0. The van der Waals surface area contributed by atoms with E-state index in [1.165, 1.54) is 21.8 Å². The van der Waals surface area contributed by atoms with Crippen LogP contribution in [0.15, 0.2) is 225 Å². The van der Waals surface area contributed by atoms with Gasteiger partial charge in [-0.3, -0.25) is 4.90 Å². The minimum Gasteiger partial charge on any atom is -0.453 e. The van der Waals surface area contributed by atoms with Gasteiger partial charge in [0.05, 0.1) is 33.4 Å². The molecule has 2 aromatic heterocycles. The highest BCUT2D eigenvalue weighted by molar-refractivity contribution is 6.18. The lowest BCUT2D eigenvalue weighted by atomic mass is 9.98. The topological polar surface area (TPSA) is 31.6 Å². The zero-order valence-corrected chi connectivity index (χ0v) is 36.1. The molecular weight excluding hydrogens is 807 g/mol. The molecule has 11 aromatic rings. The summed E-state index contributed by atoms with van der Waals surface area (Å²) in [6, 6.07) is 69.2. The second-order valence-corrected chi connectivity index (χ2v) is 16.9. The molecule has 0 amide bonds. The van der Waals surface area contributed by atoms with E-state index in [0.717, 1.165) is 107 Å². The number of ether oxygens (including phenoxy) is 2. The van der Waals surface area contributed by atoms with Gasteiger partial charge in [-0.2, -0.15) is 0 Å². The summed E-state index contributed by atoms with van der Waals surface area (Å²) in [6.07, 6.45) is 8.12. The molecule has 66 heavy (non-hydrogen) atoms. The molecular formula is C61H41N3O2. The molecule has 4 heterocycles. The summed E-state index contributed by atoms with van der Waals surface area (Å²) in [5.41, 5.74) is 15.9. The molecule has 5 nitrogen and oxygen atoms in total. The van der Waals surface area contributed by atoms with Crippen LogP contribution in [-0.2, 0) is 0 Å². The molecule has 0 saturated carbocycles. The van der Waals surface area contributed by atoms with E-state index in [0.29, 0.717) is 0 Å². The van der Waals surface area contributed by atoms with Crippen LogP contribution in [0, 0.1) is 0 Å². The SMILES string of the molecule is C=C/C=C(\C=C/C)n1c2ccc(-c3ccc4c(c3)c3ccccc3n4-c3ccccc3)cc2c2cc3c4c(c21)Oc1cc(-c2ccccc2)ccc1N4c1ccc(-c2ccccc2)cc1O3. The number of benzene rings is 9. The molecule has 0 atom stereocenters. The fraction of sp³-hybridized carbons (Fsp3) is 0.0164. The summed E-state index contributed by atoms with van der Waals surface area (Å²) in [6.45, 7) is 6.20. The fourth-order valence-corrected chi connectivity index (χ4v) is 10.2. The lowest BCUT2D eigenvalue weighted by Gasteiger charge is -2.38. The summed E-state index contributed by atoms with van der Waals surface area (Å²) in [5.74, 6) is 3.00. The Labute approximate surface area is 382 Å². The van der Waals surface area contributed by atoms with E-state index in [9.17, 15) is 0 Å². The van der Waals surface area contributed by atoms with E-state index in [1.807, 2.05) is 25.1 Å². The van der Waals surface area contributed by atoms with Gasteiger partial charge in [-0.15, -0.1) is 0 Å². The number of para-hydroxylation sites is 2. The van der Waals surface area contributed by atoms with Gasteiger partial charge in [-0.1, -0.05) is 140 Å². The summed E-state index contributed by atoms with van der Waals surface area (Å²) in [5, 5.41) is 4.53. The molecule has 0 unspecified atom stereocenters. The van der Waals surface area contributed by atoms with E-state index < -0.39 is 0 Å². The minimum atomic E-state index is 0.727. The highest BCUT2D eigenvalue weighted by Gasteiger charge is 2.38. The highest BCUT2D eigenvalue weighted by atomic mass is 16.5. The number of nitrogens with zero attached hydrogens (tertiary/aromatic N) is 3. The lowest BCUT2D eigenvalue weighted by molar-refractivity contribution is 0.449. The molecule has 9 aromatic carbocycles. The van der Waals surface area contributed by atoms with E-state index in [1.54, 1.807) is 0 Å². The number of allylic oxidation sites excluding steroid dienone is 5. The third kappa shape index (κ3) is 5.73. The highest BCUT2D eigenvalue weighted by Crippen LogP contribution is 2.63. The molecule has 0 spiro atoms. The number of aromatic nitrogens is 2. The maximum absolute atomic E-state index is 7.31. The summed E-state index contributed by atoms with van der Waals surface area (Å²) in [4.78, 5) is 2.33. The van der Waals surface area contributed by atoms with Gasteiger partial charge in [-0.25, -0.2) is 0 Å². The molecule has 0 aliphatic carbocycles. The van der Waals surface area contributed by atoms with Crippen LogP contribution in [0.4, 0.5) is 17.1 Å². The molecule has 13 rings (SSSR count). The maximum atomic E-state index is 7.31. The second kappa shape index (κ2) is 14.9. The number of rotatable bonds is 7. The van der Waals surface area contributed by atoms with Gasteiger partial charge in [0.1, 0.15) is 5.69 Å². The Bertz CT molecular complexity index is 3830. The molecule has 0 bridgehead atoms. The molecule has 5 heteroatoms. The van der Waals surface area contributed by atoms with Gasteiger partial charge in [-0.05, 0) is 125 Å². The van der Waals surface area contributed by atoms with E-state index in [-0.39, 0.29) is 0 Å². The average molecular weight is 848 g/mol. The lowest BCUT2D eigenvalue weighted by Crippen LogP contribution is -2.20. The predicted molar refractivity (Wildman–Crippen MR) is 274 cm³/mol. The van der Waals surface area contributed by atoms with Crippen molar-refractivity contribution in [1.29, 1.82) is 0 Å². The largest absolute Gasteiger partial charge is 0.453 e. The van der Waals surface area contributed by atoms with Crippen molar-refractivity contribution in [3.63, 3.8) is 0 Å². The van der Waals surface area contributed by atoms with Gasteiger partial charge in [0, 0.05) is 32.9 Å². The Morgan fingerprint density at radius 2 is 1.02 bits per heavy atom. The zero-order chi connectivity index (χ0) is 43.9. The smallest absolute Gasteiger partial charge is 0.180 e. The minimum absolute atomic E-state index is 0.727. The summed E-state index contributed by atoms with van der Waals surface area (Å²) < 4.78 is 19.1. The van der Waals surface area contributed by atoms with E-state index in [4.69, 9.17) is 9.47 Å². The van der Waals surface area contributed by atoms with Gasteiger partial charge < -0.3 is 18.6 Å². The first kappa shape index (κ1) is 37.7. The zero-order valence-electron chi connectivity index (χ0n) is 36.1. The molecule has 0 N–H and O–H groups in total. The Morgan fingerprint density at radius 1 is 0.470 bits per heavy atom. The Balaban J connectivity index is 1.07.